The Bertz CT molecular complexity index is 294. The zero-order chi connectivity index (χ0) is 13.4. The zero-order valence-corrected chi connectivity index (χ0v) is 9.77. The molecule has 0 aromatic carbocycles. The molecule has 0 rings (SSSR count). The number of hydrogen-bond acceptors (Lipinski definition) is 4. The normalized spacial score (nSPS) is 11.5. The molecule has 1 atom stereocenters. The third-order valence-electron chi connectivity index (χ3n) is 2.09. The van der Waals surface area contributed by atoms with Crippen molar-refractivity contribution >= 4 is 17.9 Å². The van der Waals surface area contributed by atoms with Crippen LogP contribution in [-0.4, -0.2) is 65.8 Å². The first-order valence-electron chi connectivity index (χ1n) is 5.04. The Kier molecular flexibility index (Phi) is 6.64. The molecule has 8 heteroatoms. The Morgan fingerprint density at radius 2 is 1.94 bits per heavy atom. The summed E-state index contributed by atoms with van der Waals surface area (Å²) < 4.78 is 0. The number of aliphatic carboxylic acids is 1. The predicted octanol–water partition coefficient (Wildman–Crippen LogP) is -1.79. The van der Waals surface area contributed by atoms with Crippen molar-refractivity contribution in [3.05, 3.63) is 0 Å². The van der Waals surface area contributed by atoms with Crippen LogP contribution in [0.25, 0.3) is 0 Å². The van der Waals surface area contributed by atoms with Crippen molar-refractivity contribution in [2.24, 2.45) is 0 Å². The molecule has 0 radical (unpaired) electrons. The topological polar surface area (TPSA) is 119 Å². The van der Waals surface area contributed by atoms with Crippen molar-refractivity contribution in [3.8, 4) is 0 Å². The molecule has 0 spiro atoms. The highest BCUT2D eigenvalue weighted by molar-refractivity contribution is 5.86. The van der Waals surface area contributed by atoms with E-state index in [1.807, 2.05) is 5.32 Å². The second-order valence-electron chi connectivity index (χ2n) is 3.31. The van der Waals surface area contributed by atoms with Crippen LogP contribution in [0.3, 0.4) is 0 Å². The monoisotopic (exact) mass is 247 g/mol. The van der Waals surface area contributed by atoms with E-state index in [0.717, 1.165) is 0 Å². The Morgan fingerprint density at radius 3 is 2.35 bits per heavy atom. The van der Waals surface area contributed by atoms with E-state index in [0.29, 0.717) is 6.54 Å². The highest BCUT2D eigenvalue weighted by Crippen LogP contribution is 1.84. The zero-order valence-electron chi connectivity index (χ0n) is 9.77. The molecular weight excluding hydrogens is 230 g/mol. The van der Waals surface area contributed by atoms with Gasteiger partial charge in [-0.25, -0.2) is 9.59 Å². The molecular formula is C9H17N3O5. The van der Waals surface area contributed by atoms with E-state index in [1.54, 1.807) is 14.0 Å². The Morgan fingerprint density at radius 1 is 1.35 bits per heavy atom. The van der Waals surface area contributed by atoms with Crippen molar-refractivity contribution in [1.82, 2.24) is 15.5 Å². The third kappa shape index (κ3) is 5.71. The first kappa shape index (κ1) is 15.2. The molecule has 0 aromatic rings. The summed E-state index contributed by atoms with van der Waals surface area (Å²) in [6, 6.07) is -2.20. The molecule has 0 bridgehead atoms. The molecule has 0 saturated heterocycles. The van der Waals surface area contributed by atoms with Crippen LogP contribution in [0.15, 0.2) is 0 Å². The number of likely N-dealkylation sites (N-methyl/N-ethyl adjacent to an activating group) is 1. The lowest BCUT2D eigenvalue weighted by Crippen LogP contribution is -2.49. The highest BCUT2D eigenvalue weighted by atomic mass is 16.4. The van der Waals surface area contributed by atoms with Gasteiger partial charge in [0.15, 0.2) is 6.04 Å². The fourth-order valence-electron chi connectivity index (χ4n) is 0.862. The summed E-state index contributed by atoms with van der Waals surface area (Å²) in [5.74, 6) is -1.64. The van der Waals surface area contributed by atoms with Crippen LogP contribution in [0.2, 0.25) is 0 Å². The minimum atomic E-state index is -1.38. The number of hydrogen-bond donors (Lipinski definition) is 4. The SMILES string of the molecule is CCN(C)C(=O)CNC(=O)N[C@@H](CO)C(=O)O. The average molecular weight is 247 g/mol. The lowest BCUT2D eigenvalue weighted by atomic mass is 10.3. The fourth-order valence-corrected chi connectivity index (χ4v) is 0.862. The molecule has 17 heavy (non-hydrogen) atoms. The summed E-state index contributed by atoms with van der Waals surface area (Å²) in [7, 11) is 1.58. The number of carbonyl (C=O) groups excluding carboxylic acids is 2. The molecule has 0 saturated carbocycles. The Balaban J connectivity index is 4.03. The Labute approximate surface area is 98.6 Å². The molecule has 0 aliphatic carbocycles. The lowest BCUT2D eigenvalue weighted by Gasteiger charge is -2.16. The summed E-state index contributed by atoms with van der Waals surface area (Å²) in [4.78, 5) is 34.3. The number of carboxylic acids is 1. The summed E-state index contributed by atoms with van der Waals surface area (Å²) in [5.41, 5.74) is 0. The van der Waals surface area contributed by atoms with E-state index in [9.17, 15) is 14.4 Å². The van der Waals surface area contributed by atoms with E-state index in [4.69, 9.17) is 10.2 Å². The number of urea groups is 1. The van der Waals surface area contributed by atoms with Gasteiger partial charge in [-0.15, -0.1) is 0 Å². The van der Waals surface area contributed by atoms with Gasteiger partial charge in [0.2, 0.25) is 5.91 Å². The maximum Gasteiger partial charge on any atom is 0.328 e. The largest absolute Gasteiger partial charge is 0.480 e. The van der Waals surface area contributed by atoms with Crippen LogP contribution in [0, 0.1) is 0 Å². The molecule has 0 aliphatic heterocycles. The van der Waals surface area contributed by atoms with Crippen molar-refractivity contribution in [1.29, 1.82) is 0 Å². The van der Waals surface area contributed by atoms with Gasteiger partial charge in [0.1, 0.15) is 0 Å². The fraction of sp³-hybridized carbons (Fsp3) is 0.667. The standard InChI is InChI=1S/C9H17N3O5/c1-3-12(2)7(14)4-10-9(17)11-6(5-13)8(15)16/h6,13H,3-5H2,1-2H3,(H,15,16)(H2,10,11,17)/t6-/m0/s1. The smallest absolute Gasteiger partial charge is 0.328 e. The van der Waals surface area contributed by atoms with Crippen LogP contribution < -0.4 is 10.6 Å². The maximum atomic E-state index is 11.3. The molecule has 3 amide bonds. The van der Waals surface area contributed by atoms with E-state index >= 15 is 0 Å². The molecule has 98 valence electrons. The van der Waals surface area contributed by atoms with Crippen molar-refractivity contribution in [2.75, 3.05) is 26.7 Å². The maximum absolute atomic E-state index is 11.3. The summed E-state index contributed by atoms with van der Waals surface area (Å²) in [6.45, 7) is 1.35. The van der Waals surface area contributed by atoms with Crippen LogP contribution in [0.5, 0.6) is 0 Å². The summed E-state index contributed by atoms with van der Waals surface area (Å²) in [6.07, 6.45) is 0. The van der Waals surface area contributed by atoms with Gasteiger partial charge in [-0.3, -0.25) is 4.79 Å². The third-order valence-corrected chi connectivity index (χ3v) is 2.09. The minimum absolute atomic E-state index is 0.228. The van der Waals surface area contributed by atoms with E-state index < -0.39 is 24.6 Å². The molecule has 0 unspecified atom stereocenters. The molecule has 0 aromatic heterocycles. The van der Waals surface area contributed by atoms with E-state index in [1.165, 1.54) is 4.90 Å². The van der Waals surface area contributed by atoms with Gasteiger partial charge in [-0.1, -0.05) is 0 Å². The van der Waals surface area contributed by atoms with Gasteiger partial charge in [0.05, 0.1) is 13.2 Å². The van der Waals surface area contributed by atoms with Crippen molar-refractivity contribution in [2.45, 2.75) is 13.0 Å². The van der Waals surface area contributed by atoms with Gasteiger partial charge in [-0.05, 0) is 6.92 Å². The number of carboxylic acid groups (broad SMARTS) is 1. The van der Waals surface area contributed by atoms with Crippen LogP contribution in [0.1, 0.15) is 6.92 Å². The molecule has 4 N–H and O–H groups in total. The second-order valence-corrected chi connectivity index (χ2v) is 3.31. The van der Waals surface area contributed by atoms with Gasteiger partial charge < -0.3 is 25.7 Å². The van der Waals surface area contributed by atoms with Gasteiger partial charge in [-0.2, -0.15) is 0 Å². The van der Waals surface area contributed by atoms with Gasteiger partial charge in [0, 0.05) is 13.6 Å². The number of nitrogens with zero attached hydrogens (tertiary/aromatic N) is 1. The average Bonchev–Trinajstić information content (AvgIpc) is 2.31. The van der Waals surface area contributed by atoms with Gasteiger partial charge >= 0.3 is 12.0 Å². The molecule has 0 aliphatic rings. The number of rotatable bonds is 6. The van der Waals surface area contributed by atoms with Crippen LogP contribution in [0.4, 0.5) is 4.79 Å². The van der Waals surface area contributed by atoms with Crippen LogP contribution in [-0.2, 0) is 9.59 Å². The Hall–Kier alpha value is -1.83. The van der Waals surface area contributed by atoms with Crippen LogP contribution >= 0.6 is 0 Å². The number of aliphatic hydroxyl groups is 1. The van der Waals surface area contributed by atoms with Crippen molar-refractivity contribution in [3.63, 3.8) is 0 Å². The number of amides is 3. The number of carbonyl (C=O) groups is 3. The predicted molar refractivity (Wildman–Crippen MR) is 58.4 cm³/mol. The molecule has 8 nitrogen and oxygen atoms in total. The second kappa shape index (κ2) is 7.44. The highest BCUT2D eigenvalue weighted by Gasteiger charge is 2.18. The summed E-state index contributed by atoms with van der Waals surface area (Å²) in [5, 5.41) is 21.4. The number of nitrogens with one attached hydrogen (secondary N) is 2. The molecule has 0 fully saturated rings. The number of aliphatic hydroxyl groups excluding tert-OH is 1. The first-order valence-corrected chi connectivity index (χ1v) is 5.04. The molecule has 0 heterocycles. The summed E-state index contributed by atoms with van der Waals surface area (Å²) >= 11 is 0. The van der Waals surface area contributed by atoms with Crippen molar-refractivity contribution < 1.29 is 24.6 Å². The van der Waals surface area contributed by atoms with E-state index in [2.05, 4.69) is 5.32 Å². The van der Waals surface area contributed by atoms with Gasteiger partial charge in [0.25, 0.3) is 0 Å². The quantitative estimate of drug-likeness (QED) is 0.442. The van der Waals surface area contributed by atoms with E-state index in [-0.39, 0.29) is 12.5 Å². The lowest BCUT2D eigenvalue weighted by molar-refractivity contribution is -0.140. The minimum Gasteiger partial charge on any atom is -0.480 e. The first-order chi connectivity index (χ1) is 7.92.